The van der Waals surface area contributed by atoms with Gasteiger partial charge in [-0.2, -0.15) is 0 Å². The van der Waals surface area contributed by atoms with E-state index in [0.717, 1.165) is 36.8 Å². The van der Waals surface area contributed by atoms with Gasteiger partial charge in [-0.25, -0.2) is 0 Å². The van der Waals surface area contributed by atoms with Gasteiger partial charge in [0, 0.05) is 62.5 Å². The normalized spacial score (nSPS) is 18.0. The molecule has 2 heterocycles. The van der Waals surface area contributed by atoms with E-state index in [-0.39, 0.29) is 47.5 Å². The first-order valence-corrected chi connectivity index (χ1v) is 24.6. The quantitative estimate of drug-likeness (QED) is 0.119. The Balaban J connectivity index is 1.38. The lowest BCUT2D eigenvalue weighted by molar-refractivity contribution is -0.141. The van der Waals surface area contributed by atoms with Crippen LogP contribution in [0, 0.1) is 10.8 Å². The number of amides is 6. The molecule has 0 aromatic heterocycles. The van der Waals surface area contributed by atoms with Crippen molar-refractivity contribution in [3.8, 4) is 0 Å². The van der Waals surface area contributed by atoms with Crippen LogP contribution in [-0.2, 0) is 32.0 Å². The summed E-state index contributed by atoms with van der Waals surface area (Å²) in [6.45, 7) is 17.7. The molecule has 2 saturated heterocycles. The molecule has 3 aromatic rings. The van der Waals surface area contributed by atoms with Gasteiger partial charge in [-0.1, -0.05) is 102 Å². The van der Waals surface area contributed by atoms with Crippen LogP contribution in [0.3, 0.4) is 0 Å². The van der Waals surface area contributed by atoms with E-state index in [1.807, 2.05) is 122 Å². The predicted octanol–water partition coefficient (Wildman–Crippen LogP) is 5.32. The summed E-state index contributed by atoms with van der Waals surface area (Å²) in [7, 11) is 3.42. The summed E-state index contributed by atoms with van der Waals surface area (Å²) in [5.41, 5.74) is 1.91. The van der Waals surface area contributed by atoms with Crippen LogP contribution in [0.25, 0.3) is 0 Å². The van der Waals surface area contributed by atoms with Crippen molar-refractivity contribution in [3.05, 3.63) is 107 Å². The zero-order valence-corrected chi connectivity index (χ0v) is 42.3. The number of benzene rings is 3. The number of hydrogen-bond acceptors (Lipinski definition) is 8. The number of nitrogens with zero attached hydrogens (tertiary/aromatic N) is 4. The van der Waals surface area contributed by atoms with Gasteiger partial charge >= 0.3 is 0 Å². The van der Waals surface area contributed by atoms with E-state index in [1.165, 1.54) is 0 Å². The van der Waals surface area contributed by atoms with E-state index >= 15 is 0 Å². The van der Waals surface area contributed by atoms with Crippen LogP contribution in [0.15, 0.2) is 84.9 Å². The van der Waals surface area contributed by atoms with Gasteiger partial charge in [0.1, 0.15) is 12.1 Å². The van der Waals surface area contributed by atoms with Crippen LogP contribution in [0.2, 0.25) is 0 Å². The minimum absolute atomic E-state index is 0.156. The summed E-state index contributed by atoms with van der Waals surface area (Å²) in [5.74, 6) is -1.21. The first kappa shape index (κ1) is 53.4. The van der Waals surface area contributed by atoms with Crippen molar-refractivity contribution in [1.29, 1.82) is 0 Å². The Labute approximate surface area is 405 Å². The molecular weight excluding hydrogens is 857 g/mol. The van der Waals surface area contributed by atoms with Crippen LogP contribution in [0.4, 0.5) is 0 Å². The molecule has 0 saturated carbocycles. The Morgan fingerprint density at radius 3 is 1.21 bits per heavy atom. The summed E-state index contributed by atoms with van der Waals surface area (Å²) >= 11 is 0. The minimum atomic E-state index is -0.755. The van der Waals surface area contributed by atoms with Crippen molar-refractivity contribution >= 4 is 35.4 Å². The van der Waals surface area contributed by atoms with Gasteiger partial charge in [0.25, 0.3) is 11.8 Å². The van der Waals surface area contributed by atoms with Crippen LogP contribution < -0.4 is 21.3 Å². The van der Waals surface area contributed by atoms with Crippen molar-refractivity contribution in [2.45, 2.75) is 130 Å². The first-order chi connectivity index (χ1) is 32.2. The molecular formula is C54H78N8O6. The molecule has 370 valence electrons. The molecule has 14 nitrogen and oxygen atoms in total. The monoisotopic (exact) mass is 935 g/mol. The van der Waals surface area contributed by atoms with Gasteiger partial charge in [0.15, 0.2) is 0 Å². The Hall–Kier alpha value is -5.60. The van der Waals surface area contributed by atoms with E-state index in [4.69, 9.17) is 0 Å². The topological polar surface area (TPSA) is 163 Å². The van der Waals surface area contributed by atoms with Gasteiger partial charge in [-0.05, 0) is 113 Å². The summed E-state index contributed by atoms with van der Waals surface area (Å²) in [6.07, 6.45) is 4.22. The van der Waals surface area contributed by atoms with Crippen molar-refractivity contribution in [2.75, 3.05) is 53.4 Å². The third-order valence-corrected chi connectivity index (χ3v) is 13.6. The molecule has 6 atom stereocenters. The second-order valence-electron chi connectivity index (χ2n) is 20.8. The average Bonchev–Trinajstić information content (AvgIpc) is 4.00. The van der Waals surface area contributed by atoms with Gasteiger partial charge in [0.05, 0.1) is 12.1 Å². The lowest BCUT2D eigenvalue weighted by Gasteiger charge is -2.37. The second kappa shape index (κ2) is 24.1. The number of likely N-dealkylation sites (tertiary alicyclic amines) is 2. The molecule has 4 N–H and O–H groups in total. The molecule has 2 aliphatic heterocycles. The molecule has 68 heavy (non-hydrogen) atoms. The zero-order chi connectivity index (χ0) is 49.8. The van der Waals surface area contributed by atoms with Gasteiger partial charge < -0.3 is 40.9 Å². The van der Waals surface area contributed by atoms with Crippen LogP contribution in [-0.4, -0.2) is 145 Å². The molecule has 2 fully saturated rings. The van der Waals surface area contributed by atoms with Crippen LogP contribution in [0.5, 0.6) is 0 Å². The summed E-state index contributed by atoms with van der Waals surface area (Å²) in [4.78, 5) is 91.4. The molecule has 6 amide bonds. The Morgan fingerprint density at radius 2 is 0.897 bits per heavy atom. The van der Waals surface area contributed by atoms with E-state index < -0.39 is 35.0 Å². The standard InChI is InChI=1S/C54H78N8O6/c1-37(55-9)47(63)57-45(53(3,4)5)51(67)61-31-17-23-43(61)35-59(33-29-39-19-13-11-14-20-39)49(65)41-25-27-42(28-26-41)50(66)60(34-30-40-21-15-12-16-22-40)36-44-24-18-32-62(44)52(68)46(54(6,7)8)58-48(64)38(2)56-10/h11-16,19-22,25-28,37-38,43-46,55-56H,17-18,23-24,29-36H2,1-10H3,(H,57,63)(H,58,64)/t37-,38-,43-,44+,45+,46+/m0/s1. The average molecular weight is 935 g/mol. The van der Waals surface area contributed by atoms with Gasteiger partial charge in [-0.15, -0.1) is 0 Å². The Kier molecular flexibility index (Phi) is 18.9. The maximum absolute atomic E-state index is 14.6. The molecule has 0 aliphatic carbocycles. The molecule has 0 radical (unpaired) electrons. The Morgan fingerprint density at radius 1 is 0.559 bits per heavy atom. The maximum atomic E-state index is 14.6. The first-order valence-electron chi connectivity index (χ1n) is 24.6. The molecule has 0 unspecified atom stereocenters. The maximum Gasteiger partial charge on any atom is 0.253 e. The van der Waals surface area contributed by atoms with Gasteiger partial charge in [0.2, 0.25) is 23.6 Å². The number of nitrogens with one attached hydrogen (secondary N) is 4. The van der Waals surface area contributed by atoms with Crippen molar-refractivity contribution in [2.24, 2.45) is 10.8 Å². The highest BCUT2D eigenvalue weighted by atomic mass is 16.2. The predicted molar refractivity (Wildman–Crippen MR) is 268 cm³/mol. The molecule has 14 heteroatoms. The zero-order valence-electron chi connectivity index (χ0n) is 42.3. The summed E-state index contributed by atoms with van der Waals surface area (Å²) < 4.78 is 0. The lowest BCUT2D eigenvalue weighted by atomic mass is 9.85. The fourth-order valence-corrected chi connectivity index (χ4v) is 9.06. The smallest absolute Gasteiger partial charge is 0.253 e. The number of hydrogen-bond donors (Lipinski definition) is 4. The van der Waals surface area contributed by atoms with Crippen LogP contribution in [0.1, 0.15) is 113 Å². The van der Waals surface area contributed by atoms with E-state index in [0.29, 0.717) is 63.2 Å². The highest BCUT2D eigenvalue weighted by molar-refractivity contribution is 5.98. The Bertz CT molecular complexity index is 2000. The fourth-order valence-electron chi connectivity index (χ4n) is 9.06. The minimum Gasteiger partial charge on any atom is -0.342 e. The number of rotatable bonds is 20. The molecule has 5 rings (SSSR count). The van der Waals surface area contributed by atoms with E-state index in [9.17, 15) is 28.8 Å². The molecule has 0 bridgehead atoms. The second-order valence-corrected chi connectivity index (χ2v) is 20.8. The van der Waals surface area contributed by atoms with Crippen molar-refractivity contribution in [1.82, 2.24) is 40.9 Å². The SMILES string of the molecule is CN[C@@H](C)C(=O)N[C@H](C(=O)N1CCC[C@@H]1CN(CCc1ccccc1)C(=O)c1ccc(C(=O)N(CCc2ccccc2)C[C@@H]2CCCN2C(=O)[C@@H](NC(=O)[C@H](C)NC)C(C)(C)C)cc1)C(C)(C)C. The van der Waals surface area contributed by atoms with Gasteiger partial charge in [-0.3, -0.25) is 28.8 Å². The van der Waals surface area contributed by atoms with Crippen molar-refractivity contribution < 1.29 is 28.8 Å². The third kappa shape index (κ3) is 14.2. The largest absolute Gasteiger partial charge is 0.342 e. The highest BCUT2D eigenvalue weighted by Gasteiger charge is 2.42. The number of carbonyl (C=O) groups is 6. The molecule has 0 spiro atoms. The van der Waals surface area contributed by atoms with Crippen molar-refractivity contribution in [3.63, 3.8) is 0 Å². The highest BCUT2D eigenvalue weighted by Crippen LogP contribution is 2.29. The molecule has 2 aliphatic rings. The lowest BCUT2D eigenvalue weighted by Crippen LogP contribution is -2.59. The summed E-state index contributed by atoms with van der Waals surface area (Å²) in [6, 6.07) is 23.9. The fraction of sp³-hybridized carbons (Fsp3) is 0.556. The van der Waals surface area contributed by atoms with E-state index in [2.05, 4.69) is 21.3 Å². The molecule has 3 aromatic carbocycles. The number of likely N-dealkylation sites (N-methyl/N-ethyl adjacent to an activating group) is 2. The van der Waals surface area contributed by atoms with E-state index in [1.54, 1.807) is 52.2 Å². The van der Waals surface area contributed by atoms with Crippen LogP contribution >= 0.6 is 0 Å². The number of carbonyl (C=O) groups excluding carboxylic acids is 6. The third-order valence-electron chi connectivity index (χ3n) is 13.6. The summed E-state index contributed by atoms with van der Waals surface area (Å²) in [5, 5.41) is 11.9.